The van der Waals surface area contributed by atoms with Gasteiger partial charge in [-0.2, -0.15) is 18.4 Å². The average molecular weight is 213 g/mol. The number of hydrogen-bond acceptors (Lipinski definition) is 1. The van der Waals surface area contributed by atoms with Crippen LogP contribution in [-0.2, 0) is 11.6 Å². The van der Waals surface area contributed by atoms with Crippen molar-refractivity contribution in [2.45, 2.75) is 25.4 Å². The highest BCUT2D eigenvalue weighted by Crippen LogP contribution is 2.36. The van der Waals surface area contributed by atoms with Gasteiger partial charge < -0.3 is 0 Å². The smallest absolute Gasteiger partial charge is 0.197 e. The Balaban J connectivity index is 3.39. The van der Waals surface area contributed by atoms with Crippen LogP contribution >= 0.6 is 0 Å². The lowest BCUT2D eigenvalue weighted by atomic mass is 9.83. The van der Waals surface area contributed by atoms with Crippen LogP contribution in [0.4, 0.5) is 13.2 Å². The second kappa shape index (κ2) is 3.58. The number of halogens is 3. The fraction of sp³-hybridized carbons (Fsp3) is 0.364. The minimum atomic E-state index is -4.41. The lowest BCUT2D eigenvalue weighted by Crippen LogP contribution is -2.20. The minimum absolute atomic E-state index is 0.0139. The second-order valence-electron chi connectivity index (χ2n) is 3.78. The SMILES string of the molecule is CC(C)(C#N)c1ccccc1C(F)(F)F. The molecule has 1 aromatic rings. The van der Waals surface area contributed by atoms with Crippen molar-refractivity contribution in [1.82, 2.24) is 0 Å². The number of benzene rings is 1. The van der Waals surface area contributed by atoms with Gasteiger partial charge in [0.2, 0.25) is 0 Å². The van der Waals surface area contributed by atoms with E-state index in [1.165, 1.54) is 32.0 Å². The van der Waals surface area contributed by atoms with E-state index >= 15 is 0 Å². The summed E-state index contributed by atoms with van der Waals surface area (Å²) in [5, 5.41) is 8.82. The average Bonchev–Trinajstić information content (AvgIpc) is 2.16. The highest BCUT2D eigenvalue weighted by molar-refractivity contribution is 5.39. The van der Waals surface area contributed by atoms with E-state index in [0.717, 1.165) is 6.07 Å². The lowest BCUT2D eigenvalue weighted by molar-refractivity contribution is -0.138. The van der Waals surface area contributed by atoms with Crippen LogP contribution in [0.5, 0.6) is 0 Å². The quantitative estimate of drug-likeness (QED) is 0.700. The maximum absolute atomic E-state index is 12.6. The van der Waals surface area contributed by atoms with Crippen LogP contribution in [0.3, 0.4) is 0 Å². The zero-order valence-electron chi connectivity index (χ0n) is 8.39. The Morgan fingerprint density at radius 2 is 1.53 bits per heavy atom. The number of alkyl halides is 3. The Morgan fingerprint density at radius 1 is 1.07 bits per heavy atom. The Hall–Kier alpha value is -1.50. The van der Waals surface area contributed by atoms with E-state index in [1.807, 2.05) is 6.07 Å². The summed E-state index contributed by atoms with van der Waals surface area (Å²) >= 11 is 0. The third-order valence-corrected chi connectivity index (χ3v) is 2.19. The minimum Gasteiger partial charge on any atom is -0.197 e. The van der Waals surface area contributed by atoms with Crippen LogP contribution in [0, 0.1) is 11.3 Å². The van der Waals surface area contributed by atoms with Crippen molar-refractivity contribution in [3.05, 3.63) is 35.4 Å². The molecule has 1 rings (SSSR count). The first-order valence-corrected chi connectivity index (χ1v) is 4.37. The molecule has 0 atom stereocenters. The zero-order valence-corrected chi connectivity index (χ0v) is 8.39. The summed E-state index contributed by atoms with van der Waals surface area (Å²) in [6.07, 6.45) is -4.41. The molecule has 0 aliphatic rings. The predicted molar refractivity (Wildman–Crippen MR) is 50.1 cm³/mol. The molecule has 0 heterocycles. The monoisotopic (exact) mass is 213 g/mol. The fourth-order valence-electron chi connectivity index (χ4n) is 1.34. The third kappa shape index (κ3) is 2.30. The second-order valence-corrected chi connectivity index (χ2v) is 3.78. The lowest BCUT2D eigenvalue weighted by Gasteiger charge is -2.21. The molecule has 0 saturated heterocycles. The van der Waals surface area contributed by atoms with E-state index in [9.17, 15) is 13.2 Å². The molecule has 0 N–H and O–H groups in total. The van der Waals surface area contributed by atoms with Gasteiger partial charge in [0, 0.05) is 0 Å². The van der Waals surface area contributed by atoms with Crippen molar-refractivity contribution < 1.29 is 13.2 Å². The molecule has 0 radical (unpaired) electrons. The molecule has 1 nitrogen and oxygen atoms in total. The molecule has 0 fully saturated rings. The number of hydrogen-bond donors (Lipinski definition) is 0. The van der Waals surface area contributed by atoms with Gasteiger partial charge in [0.05, 0.1) is 17.0 Å². The Bertz CT molecular complexity index is 399. The maximum Gasteiger partial charge on any atom is 0.416 e. The topological polar surface area (TPSA) is 23.8 Å². The summed E-state index contributed by atoms with van der Waals surface area (Å²) in [5.41, 5.74) is -1.86. The van der Waals surface area contributed by atoms with E-state index in [4.69, 9.17) is 5.26 Å². The Labute approximate surface area is 86.1 Å². The molecule has 0 bridgehead atoms. The molecule has 80 valence electrons. The standard InChI is InChI=1S/C11H10F3N/c1-10(2,7-15)8-5-3-4-6-9(8)11(12,13)14/h3-6H,1-2H3. The Kier molecular flexibility index (Phi) is 2.76. The van der Waals surface area contributed by atoms with Crippen molar-refractivity contribution in [2.24, 2.45) is 0 Å². The third-order valence-electron chi connectivity index (χ3n) is 2.19. The molecule has 15 heavy (non-hydrogen) atoms. The van der Waals surface area contributed by atoms with Crippen molar-refractivity contribution in [3.8, 4) is 6.07 Å². The van der Waals surface area contributed by atoms with Gasteiger partial charge in [-0.15, -0.1) is 0 Å². The maximum atomic E-state index is 12.6. The van der Waals surface area contributed by atoms with E-state index in [2.05, 4.69) is 0 Å². The molecule has 0 aliphatic carbocycles. The molecule has 4 heteroatoms. The van der Waals surface area contributed by atoms with Gasteiger partial charge >= 0.3 is 6.18 Å². The highest BCUT2D eigenvalue weighted by Gasteiger charge is 2.37. The first kappa shape index (κ1) is 11.6. The van der Waals surface area contributed by atoms with Crippen LogP contribution in [-0.4, -0.2) is 0 Å². The van der Waals surface area contributed by atoms with E-state index < -0.39 is 17.2 Å². The van der Waals surface area contributed by atoms with Crippen LogP contribution in [0.15, 0.2) is 24.3 Å². The van der Waals surface area contributed by atoms with E-state index in [1.54, 1.807) is 0 Å². The summed E-state index contributed by atoms with van der Waals surface area (Å²) in [6, 6.07) is 7.03. The summed E-state index contributed by atoms with van der Waals surface area (Å²) in [7, 11) is 0. The summed E-state index contributed by atoms with van der Waals surface area (Å²) in [6.45, 7) is 2.94. The predicted octanol–water partition coefficient (Wildman–Crippen LogP) is 3.51. The number of rotatable bonds is 1. The normalized spacial score (nSPS) is 12.3. The largest absolute Gasteiger partial charge is 0.416 e. The summed E-state index contributed by atoms with van der Waals surface area (Å²) < 4.78 is 37.8. The van der Waals surface area contributed by atoms with Crippen LogP contribution in [0.1, 0.15) is 25.0 Å². The van der Waals surface area contributed by atoms with Crippen molar-refractivity contribution in [1.29, 1.82) is 5.26 Å². The van der Waals surface area contributed by atoms with E-state index in [-0.39, 0.29) is 5.56 Å². The summed E-state index contributed by atoms with van der Waals surface area (Å²) in [4.78, 5) is 0. The van der Waals surface area contributed by atoms with Gasteiger partial charge in [0.1, 0.15) is 0 Å². The fourth-order valence-corrected chi connectivity index (χ4v) is 1.34. The van der Waals surface area contributed by atoms with Gasteiger partial charge in [0.25, 0.3) is 0 Å². The molecule has 0 spiro atoms. The molecule has 0 amide bonds. The molecule has 1 aromatic carbocycles. The number of nitrogens with zero attached hydrogens (tertiary/aromatic N) is 1. The first-order chi connectivity index (χ1) is 6.79. The molecule has 0 saturated carbocycles. The van der Waals surface area contributed by atoms with Crippen LogP contribution < -0.4 is 0 Å². The molecular weight excluding hydrogens is 203 g/mol. The molecular formula is C11H10F3N. The van der Waals surface area contributed by atoms with Gasteiger partial charge in [-0.05, 0) is 25.5 Å². The van der Waals surface area contributed by atoms with Crippen LogP contribution in [0.25, 0.3) is 0 Å². The first-order valence-electron chi connectivity index (χ1n) is 4.37. The van der Waals surface area contributed by atoms with Gasteiger partial charge in [-0.1, -0.05) is 18.2 Å². The summed E-state index contributed by atoms with van der Waals surface area (Å²) in [5.74, 6) is 0. The van der Waals surface area contributed by atoms with Crippen LogP contribution in [0.2, 0.25) is 0 Å². The molecule has 0 aliphatic heterocycles. The van der Waals surface area contributed by atoms with E-state index in [0.29, 0.717) is 0 Å². The molecule has 0 aromatic heterocycles. The van der Waals surface area contributed by atoms with Gasteiger partial charge in [0.15, 0.2) is 0 Å². The molecule has 0 unspecified atom stereocenters. The Morgan fingerprint density at radius 3 is 1.93 bits per heavy atom. The van der Waals surface area contributed by atoms with Crippen molar-refractivity contribution in [3.63, 3.8) is 0 Å². The van der Waals surface area contributed by atoms with Gasteiger partial charge in [-0.3, -0.25) is 0 Å². The highest BCUT2D eigenvalue weighted by atomic mass is 19.4. The zero-order chi connectivity index (χ0) is 11.7. The van der Waals surface area contributed by atoms with Crippen molar-refractivity contribution in [2.75, 3.05) is 0 Å². The van der Waals surface area contributed by atoms with Crippen molar-refractivity contribution >= 4 is 0 Å². The number of nitriles is 1. The van der Waals surface area contributed by atoms with Gasteiger partial charge in [-0.25, -0.2) is 0 Å².